The Kier molecular flexibility index (Phi) is 5.93. The molecular formula is C22H26N4O3. The highest BCUT2D eigenvalue weighted by Gasteiger charge is 2.21. The first-order valence-electron chi connectivity index (χ1n) is 10.2. The fraction of sp³-hybridized carbons (Fsp3) is 0.409. The number of amides is 2. The number of anilines is 3. The van der Waals surface area contributed by atoms with E-state index in [0.717, 1.165) is 37.4 Å². The van der Waals surface area contributed by atoms with Crippen LogP contribution >= 0.6 is 0 Å². The molecular weight excluding hydrogens is 368 g/mol. The maximum atomic E-state index is 12.2. The van der Waals surface area contributed by atoms with E-state index >= 15 is 0 Å². The molecule has 1 aromatic carbocycles. The summed E-state index contributed by atoms with van der Waals surface area (Å²) in [6.07, 6.45) is 6.96. The van der Waals surface area contributed by atoms with Crippen LogP contribution in [0.3, 0.4) is 0 Å². The number of hydrogen-bond acceptors (Lipinski definition) is 5. The van der Waals surface area contributed by atoms with Gasteiger partial charge in [0.15, 0.2) is 6.61 Å². The zero-order chi connectivity index (χ0) is 20.1. The Labute approximate surface area is 170 Å². The van der Waals surface area contributed by atoms with Crippen LogP contribution in [0.4, 0.5) is 17.2 Å². The van der Waals surface area contributed by atoms with Gasteiger partial charge in [-0.3, -0.25) is 9.59 Å². The lowest BCUT2D eigenvalue weighted by Crippen LogP contribution is -2.29. The second-order valence-electron chi connectivity index (χ2n) is 7.43. The molecule has 0 saturated carbocycles. The van der Waals surface area contributed by atoms with Gasteiger partial charge in [0.25, 0.3) is 5.91 Å². The Morgan fingerprint density at radius 2 is 1.90 bits per heavy atom. The largest absolute Gasteiger partial charge is 0.484 e. The lowest BCUT2D eigenvalue weighted by Gasteiger charge is -2.28. The predicted molar refractivity (Wildman–Crippen MR) is 112 cm³/mol. The van der Waals surface area contributed by atoms with Crippen molar-refractivity contribution in [2.75, 3.05) is 41.4 Å². The van der Waals surface area contributed by atoms with Crippen molar-refractivity contribution in [2.24, 2.45) is 0 Å². The van der Waals surface area contributed by atoms with Crippen LogP contribution in [-0.2, 0) is 9.59 Å². The molecule has 2 aliphatic rings. The third kappa shape index (κ3) is 4.85. The van der Waals surface area contributed by atoms with Crippen LogP contribution in [0.2, 0.25) is 0 Å². The zero-order valence-corrected chi connectivity index (χ0v) is 16.5. The number of carbonyl (C=O) groups excluding carboxylic acids is 2. The van der Waals surface area contributed by atoms with Gasteiger partial charge in [0.2, 0.25) is 5.91 Å². The summed E-state index contributed by atoms with van der Waals surface area (Å²) < 4.78 is 5.61. The monoisotopic (exact) mass is 394 g/mol. The summed E-state index contributed by atoms with van der Waals surface area (Å²) >= 11 is 0. The van der Waals surface area contributed by atoms with E-state index in [1.165, 1.54) is 19.3 Å². The molecule has 2 aromatic rings. The zero-order valence-electron chi connectivity index (χ0n) is 16.5. The number of hydrogen-bond donors (Lipinski definition) is 1. The Morgan fingerprint density at radius 1 is 1.03 bits per heavy atom. The molecule has 2 saturated heterocycles. The molecule has 152 valence electrons. The topological polar surface area (TPSA) is 74.8 Å². The number of rotatable bonds is 6. The van der Waals surface area contributed by atoms with Crippen LogP contribution < -0.4 is 19.9 Å². The van der Waals surface area contributed by atoms with Crippen LogP contribution in [0, 0.1) is 0 Å². The number of nitrogens with zero attached hydrogens (tertiary/aromatic N) is 3. The summed E-state index contributed by atoms with van der Waals surface area (Å²) in [6.45, 7) is 2.72. The molecule has 2 fully saturated rings. The van der Waals surface area contributed by atoms with Gasteiger partial charge < -0.3 is 19.9 Å². The van der Waals surface area contributed by atoms with E-state index in [4.69, 9.17) is 4.74 Å². The minimum Gasteiger partial charge on any atom is -0.484 e. The standard InChI is InChI=1S/C22H26N4O3/c27-21(24-20-10-9-18(15-23-20)25-11-2-1-3-12-25)16-29-19-7-4-6-17(14-19)26-13-5-8-22(26)28/h4,6-7,9-10,14-15H,1-3,5,8,11-13,16H2,(H,23,24,27). The molecule has 0 aliphatic carbocycles. The van der Waals surface area contributed by atoms with Crippen molar-refractivity contribution < 1.29 is 14.3 Å². The van der Waals surface area contributed by atoms with Gasteiger partial charge in [-0.25, -0.2) is 4.98 Å². The van der Waals surface area contributed by atoms with Crippen molar-refractivity contribution in [3.63, 3.8) is 0 Å². The molecule has 1 N–H and O–H groups in total. The van der Waals surface area contributed by atoms with Gasteiger partial charge in [0.1, 0.15) is 11.6 Å². The van der Waals surface area contributed by atoms with Crippen LogP contribution in [0.25, 0.3) is 0 Å². The van der Waals surface area contributed by atoms with Crippen molar-refractivity contribution in [3.8, 4) is 5.75 Å². The first-order chi connectivity index (χ1) is 14.2. The fourth-order valence-corrected chi connectivity index (χ4v) is 3.79. The Balaban J connectivity index is 1.29. The van der Waals surface area contributed by atoms with Crippen LogP contribution in [-0.4, -0.2) is 43.0 Å². The lowest BCUT2D eigenvalue weighted by molar-refractivity contribution is -0.118. The average molecular weight is 394 g/mol. The molecule has 7 heteroatoms. The molecule has 7 nitrogen and oxygen atoms in total. The second-order valence-corrected chi connectivity index (χ2v) is 7.43. The number of ether oxygens (including phenoxy) is 1. The van der Waals surface area contributed by atoms with E-state index in [1.807, 2.05) is 24.3 Å². The van der Waals surface area contributed by atoms with Gasteiger partial charge >= 0.3 is 0 Å². The first-order valence-corrected chi connectivity index (χ1v) is 10.2. The van der Waals surface area contributed by atoms with E-state index in [1.54, 1.807) is 23.2 Å². The summed E-state index contributed by atoms with van der Waals surface area (Å²) in [6, 6.07) is 11.1. The Bertz CT molecular complexity index is 863. The molecule has 29 heavy (non-hydrogen) atoms. The van der Waals surface area contributed by atoms with Crippen LogP contribution in [0.1, 0.15) is 32.1 Å². The van der Waals surface area contributed by atoms with Crippen LogP contribution in [0.5, 0.6) is 5.75 Å². The van der Waals surface area contributed by atoms with Crippen molar-refractivity contribution in [2.45, 2.75) is 32.1 Å². The SMILES string of the molecule is O=C(COc1cccc(N2CCCC2=O)c1)Nc1ccc(N2CCCCC2)cn1. The highest BCUT2D eigenvalue weighted by Crippen LogP contribution is 2.25. The first kappa shape index (κ1) is 19.2. The Morgan fingerprint density at radius 3 is 2.62 bits per heavy atom. The number of benzene rings is 1. The molecule has 0 atom stereocenters. The van der Waals surface area contributed by atoms with Crippen LogP contribution in [0.15, 0.2) is 42.6 Å². The van der Waals surface area contributed by atoms with E-state index in [-0.39, 0.29) is 18.4 Å². The maximum Gasteiger partial charge on any atom is 0.263 e. The lowest BCUT2D eigenvalue weighted by atomic mass is 10.1. The second kappa shape index (κ2) is 8.94. The maximum absolute atomic E-state index is 12.2. The number of pyridine rings is 1. The third-order valence-electron chi connectivity index (χ3n) is 5.31. The number of piperidine rings is 1. The quantitative estimate of drug-likeness (QED) is 0.814. The highest BCUT2D eigenvalue weighted by atomic mass is 16.5. The molecule has 1 aromatic heterocycles. The van der Waals surface area contributed by atoms with E-state index in [9.17, 15) is 9.59 Å². The summed E-state index contributed by atoms with van der Waals surface area (Å²) in [4.78, 5) is 32.5. The molecule has 0 radical (unpaired) electrons. The number of aromatic nitrogens is 1. The van der Waals surface area contributed by atoms with Gasteiger partial charge in [0.05, 0.1) is 11.9 Å². The number of carbonyl (C=O) groups is 2. The fourth-order valence-electron chi connectivity index (χ4n) is 3.79. The summed E-state index contributed by atoms with van der Waals surface area (Å²) in [5.41, 5.74) is 1.90. The highest BCUT2D eigenvalue weighted by molar-refractivity contribution is 5.95. The summed E-state index contributed by atoms with van der Waals surface area (Å²) in [7, 11) is 0. The molecule has 4 rings (SSSR count). The number of nitrogens with one attached hydrogen (secondary N) is 1. The molecule has 0 spiro atoms. The van der Waals surface area contributed by atoms with Gasteiger partial charge in [-0.15, -0.1) is 0 Å². The van der Waals surface area contributed by atoms with Crippen molar-refractivity contribution >= 4 is 29.0 Å². The normalized spacial score (nSPS) is 16.8. The minimum atomic E-state index is -0.272. The van der Waals surface area contributed by atoms with Gasteiger partial charge in [0, 0.05) is 37.8 Å². The van der Waals surface area contributed by atoms with E-state index in [0.29, 0.717) is 18.0 Å². The molecule has 2 aliphatic heterocycles. The molecule has 0 unspecified atom stereocenters. The third-order valence-corrected chi connectivity index (χ3v) is 5.31. The molecule has 2 amide bonds. The average Bonchev–Trinajstić information content (AvgIpc) is 3.20. The van der Waals surface area contributed by atoms with Crippen molar-refractivity contribution in [3.05, 3.63) is 42.6 Å². The van der Waals surface area contributed by atoms with Gasteiger partial charge in [-0.05, 0) is 49.9 Å². The summed E-state index contributed by atoms with van der Waals surface area (Å²) in [5.74, 6) is 0.923. The summed E-state index contributed by atoms with van der Waals surface area (Å²) in [5, 5.41) is 2.76. The van der Waals surface area contributed by atoms with E-state index in [2.05, 4.69) is 15.2 Å². The van der Waals surface area contributed by atoms with Crippen molar-refractivity contribution in [1.29, 1.82) is 0 Å². The Hall–Kier alpha value is -3.09. The molecule has 3 heterocycles. The van der Waals surface area contributed by atoms with Crippen molar-refractivity contribution in [1.82, 2.24) is 4.98 Å². The minimum absolute atomic E-state index is 0.118. The van der Waals surface area contributed by atoms with Gasteiger partial charge in [-0.1, -0.05) is 6.07 Å². The molecule has 0 bridgehead atoms. The smallest absolute Gasteiger partial charge is 0.263 e. The predicted octanol–water partition coefficient (Wildman–Crippen LogP) is 3.22. The van der Waals surface area contributed by atoms with Gasteiger partial charge in [-0.2, -0.15) is 0 Å². The van der Waals surface area contributed by atoms with E-state index < -0.39 is 0 Å².